The second-order valence-corrected chi connectivity index (χ2v) is 5.89. The molecule has 0 spiro atoms. The number of aryl methyl sites for hydroxylation is 1. The topological polar surface area (TPSA) is 71.2 Å². The Morgan fingerprint density at radius 3 is 2.95 bits per heavy atom. The first-order valence-corrected chi connectivity index (χ1v) is 7.56. The zero-order chi connectivity index (χ0) is 14.1. The van der Waals surface area contributed by atoms with Crippen LogP contribution in [0.1, 0.15) is 43.8 Å². The molecule has 2 aliphatic heterocycles. The molecule has 1 saturated heterocycles. The van der Waals surface area contributed by atoms with E-state index in [9.17, 15) is 9.90 Å². The minimum atomic E-state index is -0.775. The molecule has 0 aliphatic carbocycles. The van der Waals surface area contributed by atoms with Crippen molar-refractivity contribution in [3.05, 3.63) is 11.6 Å². The first kappa shape index (κ1) is 13.5. The van der Waals surface area contributed by atoms with Gasteiger partial charge in [0.1, 0.15) is 11.7 Å². The van der Waals surface area contributed by atoms with Gasteiger partial charge < -0.3 is 10.0 Å². The fourth-order valence-corrected chi connectivity index (χ4v) is 3.34. The van der Waals surface area contributed by atoms with E-state index < -0.39 is 11.9 Å². The summed E-state index contributed by atoms with van der Waals surface area (Å²) in [5.41, 5.74) is 0. The Morgan fingerprint density at radius 2 is 2.25 bits per heavy atom. The molecule has 0 saturated carbocycles. The lowest BCUT2D eigenvalue weighted by molar-refractivity contribution is -0.139. The molecule has 2 unspecified atom stereocenters. The number of fused-ring (bicyclic) bond motifs is 1. The summed E-state index contributed by atoms with van der Waals surface area (Å²) in [5.74, 6) is 0.853. The lowest BCUT2D eigenvalue weighted by atomic mass is 9.99. The van der Waals surface area contributed by atoms with Gasteiger partial charge in [-0.3, -0.25) is 4.79 Å². The first-order chi connectivity index (χ1) is 9.67. The molecule has 6 heteroatoms. The number of carboxylic acid groups (broad SMARTS) is 1. The zero-order valence-electron chi connectivity index (χ0n) is 12.0. The number of rotatable bonds is 4. The summed E-state index contributed by atoms with van der Waals surface area (Å²) in [6.07, 6.45) is 3.63. The molecule has 2 atom stereocenters. The molecule has 2 aliphatic rings. The molecule has 3 heterocycles. The molecule has 6 nitrogen and oxygen atoms in total. The molecule has 0 aromatic carbocycles. The quantitative estimate of drug-likeness (QED) is 0.893. The number of aliphatic carboxylic acids is 1. The van der Waals surface area contributed by atoms with Gasteiger partial charge in [-0.2, -0.15) is 5.10 Å². The van der Waals surface area contributed by atoms with E-state index in [-0.39, 0.29) is 0 Å². The summed E-state index contributed by atoms with van der Waals surface area (Å²) in [6, 6.07) is 0. The van der Waals surface area contributed by atoms with Crippen LogP contribution in [-0.2, 0) is 17.8 Å². The van der Waals surface area contributed by atoms with Crippen LogP contribution in [0.5, 0.6) is 0 Å². The van der Waals surface area contributed by atoms with Crippen molar-refractivity contribution in [2.24, 2.45) is 5.92 Å². The molecule has 1 aromatic heterocycles. The number of carbonyl (C=O) groups is 1. The maximum absolute atomic E-state index is 11.3. The summed E-state index contributed by atoms with van der Waals surface area (Å²) in [6.45, 7) is 6.37. The summed E-state index contributed by atoms with van der Waals surface area (Å²) < 4.78 is 1.81. The lowest BCUT2D eigenvalue weighted by Crippen LogP contribution is -2.22. The van der Waals surface area contributed by atoms with Crippen molar-refractivity contribution in [1.29, 1.82) is 0 Å². The smallest absolute Gasteiger partial charge is 0.314 e. The zero-order valence-corrected chi connectivity index (χ0v) is 12.0. The maximum atomic E-state index is 11.3. The molecule has 3 rings (SSSR count). The summed E-state index contributed by atoms with van der Waals surface area (Å²) >= 11 is 0. The van der Waals surface area contributed by atoms with E-state index in [4.69, 9.17) is 0 Å². The van der Waals surface area contributed by atoms with Crippen molar-refractivity contribution < 1.29 is 9.90 Å². The van der Waals surface area contributed by atoms with Gasteiger partial charge in [0.25, 0.3) is 0 Å². The van der Waals surface area contributed by atoms with E-state index in [0.29, 0.717) is 18.2 Å². The maximum Gasteiger partial charge on any atom is 0.314 e. The Bertz CT molecular complexity index is 499. The van der Waals surface area contributed by atoms with Crippen LogP contribution in [0, 0.1) is 5.92 Å². The molecule has 1 aromatic rings. The van der Waals surface area contributed by atoms with Crippen LogP contribution in [0.25, 0.3) is 0 Å². The average Bonchev–Trinajstić information content (AvgIpc) is 3.03. The summed E-state index contributed by atoms with van der Waals surface area (Å²) in [5, 5.41) is 13.8. The number of nitrogens with zero attached hydrogens (tertiary/aromatic N) is 4. The number of hydrogen-bond donors (Lipinski definition) is 1. The molecule has 0 bridgehead atoms. The van der Waals surface area contributed by atoms with Gasteiger partial charge in [-0.25, -0.2) is 9.67 Å². The Morgan fingerprint density at radius 1 is 1.40 bits per heavy atom. The van der Waals surface area contributed by atoms with Crippen molar-refractivity contribution in [2.45, 2.75) is 45.1 Å². The van der Waals surface area contributed by atoms with Crippen LogP contribution in [0.3, 0.4) is 0 Å². The van der Waals surface area contributed by atoms with E-state index in [1.807, 2.05) is 4.68 Å². The first-order valence-electron chi connectivity index (χ1n) is 7.56. The Balaban J connectivity index is 1.71. The summed E-state index contributed by atoms with van der Waals surface area (Å²) in [4.78, 5) is 18.2. The summed E-state index contributed by atoms with van der Waals surface area (Å²) in [7, 11) is 0. The number of hydrogen-bond acceptors (Lipinski definition) is 4. The fourth-order valence-electron chi connectivity index (χ4n) is 3.34. The largest absolute Gasteiger partial charge is 0.481 e. The molecule has 1 N–H and O–H groups in total. The van der Waals surface area contributed by atoms with Gasteiger partial charge in [0.05, 0.1) is 0 Å². The highest BCUT2D eigenvalue weighted by atomic mass is 16.4. The Hall–Kier alpha value is -1.43. The Kier molecular flexibility index (Phi) is 3.74. The molecule has 0 radical (unpaired) electrons. The molecule has 1 fully saturated rings. The van der Waals surface area contributed by atoms with E-state index in [2.05, 4.69) is 21.9 Å². The van der Waals surface area contributed by atoms with Crippen LogP contribution in [0.4, 0.5) is 0 Å². The standard InChI is InChI=1S/C14H22N4O2/c1-2-17-7-5-10(9-17)8-12-15-13-11(14(19)20)4-3-6-18(13)16-12/h10-11H,2-9H2,1H3,(H,19,20). The highest BCUT2D eigenvalue weighted by Gasteiger charge is 2.31. The highest BCUT2D eigenvalue weighted by molar-refractivity contribution is 5.75. The van der Waals surface area contributed by atoms with Crippen LogP contribution in [0.2, 0.25) is 0 Å². The Labute approximate surface area is 118 Å². The van der Waals surface area contributed by atoms with Crippen molar-refractivity contribution in [3.63, 3.8) is 0 Å². The van der Waals surface area contributed by atoms with E-state index in [1.165, 1.54) is 6.42 Å². The minimum absolute atomic E-state index is 0.472. The van der Waals surface area contributed by atoms with Crippen molar-refractivity contribution in [3.8, 4) is 0 Å². The van der Waals surface area contributed by atoms with Crippen LogP contribution in [-0.4, -0.2) is 50.4 Å². The predicted molar refractivity (Wildman–Crippen MR) is 73.6 cm³/mol. The third-order valence-corrected chi connectivity index (χ3v) is 4.51. The third-order valence-electron chi connectivity index (χ3n) is 4.51. The monoisotopic (exact) mass is 278 g/mol. The SMILES string of the molecule is CCN1CCC(Cc2nc3n(n2)CCCC3C(=O)O)C1. The molecular weight excluding hydrogens is 256 g/mol. The van der Waals surface area contributed by atoms with Crippen molar-refractivity contribution in [2.75, 3.05) is 19.6 Å². The lowest BCUT2D eigenvalue weighted by Gasteiger charge is -2.17. The molecule has 20 heavy (non-hydrogen) atoms. The van der Waals surface area contributed by atoms with Gasteiger partial charge in [0.15, 0.2) is 5.82 Å². The van der Waals surface area contributed by atoms with Gasteiger partial charge in [0.2, 0.25) is 0 Å². The third kappa shape index (κ3) is 2.57. The normalized spacial score (nSPS) is 26.6. The fraction of sp³-hybridized carbons (Fsp3) is 0.786. The number of likely N-dealkylation sites (tertiary alicyclic amines) is 1. The second-order valence-electron chi connectivity index (χ2n) is 5.89. The second kappa shape index (κ2) is 5.52. The minimum Gasteiger partial charge on any atom is -0.481 e. The average molecular weight is 278 g/mol. The van der Waals surface area contributed by atoms with E-state index in [0.717, 1.165) is 44.8 Å². The van der Waals surface area contributed by atoms with E-state index in [1.54, 1.807) is 0 Å². The van der Waals surface area contributed by atoms with Gasteiger partial charge in [-0.1, -0.05) is 6.92 Å². The molecule has 110 valence electrons. The molecule has 0 amide bonds. The van der Waals surface area contributed by atoms with Crippen LogP contribution in [0.15, 0.2) is 0 Å². The number of aromatic nitrogens is 3. The van der Waals surface area contributed by atoms with Gasteiger partial charge in [-0.15, -0.1) is 0 Å². The van der Waals surface area contributed by atoms with Crippen molar-refractivity contribution >= 4 is 5.97 Å². The van der Waals surface area contributed by atoms with Gasteiger partial charge >= 0.3 is 5.97 Å². The number of carboxylic acids is 1. The highest BCUT2D eigenvalue weighted by Crippen LogP contribution is 2.27. The van der Waals surface area contributed by atoms with Crippen LogP contribution < -0.4 is 0 Å². The van der Waals surface area contributed by atoms with Crippen LogP contribution >= 0.6 is 0 Å². The molecular formula is C14H22N4O2. The van der Waals surface area contributed by atoms with E-state index >= 15 is 0 Å². The van der Waals surface area contributed by atoms with Crippen molar-refractivity contribution in [1.82, 2.24) is 19.7 Å². The predicted octanol–water partition coefficient (Wildman–Crippen LogP) is 1.12. The van der Waals surface area contributed by atoms with Gasteiger partial charge in [0, 0.05) is 19.5 Å². The van der Waals surface area contributed by atoms with Gasteiger partial charge in [-0.05, 0) is 38.3 Å².